The fraction of sp³-hybridized carbons (Fsp3) is 0.409. The van der Waals surface area contributed by atoms with Crippen molar-refractivity contribution >= 4 is 22.8 Å². The van der Waals surface area contributed by atoms with Gasteiger partial charge in [0, 0.05) is 24.5 Å². The summed E-state index contributed by atoms with van der Waals surface area (Å²) in [6.07, 6.45) is 4.54. The number of likely N-dealkylation sites (tertiary alicyclic amines) is 1. The van der Waals surface area contributed by atoms with E-state index in [0.717, 1.165) is 24.8 Å². The van der Waals surface area contributed by atoms with Crippen LogP contribution in [0.5, 0.6) is 5.75 Å². The summed E-state index contributed by atoms with van der Waals surface area (Å²) >= 11 is 0. The molecule has 1 unspecified atom stereocenters. The molecule has 3 heterocycles. The zero-order valence-electron chi connectivity index (χ0n) is 16.6. The zero-order chi connectivity index (χ0) is 20.2. The van der Waals surface area contributed by atoms with Crippen molar-refractivity contribution in [3.05, 3.63) is 47.5 Å². The molecule has 1 atom stereocenters. The lowest BCUT2D eigenvalue weighted by atomic mass is 9.98. The lowest BCUT2D eigenvalue weighted by Crippen LogP contribution is -2.29. The summed E-state index contributed by atoms with van der Waals surface area (Å²) in [7, 11) is 0. The normalized spacial score (nSPS) is 20.2. The summed E-state index contributed by atoms with van der Waals surface area (Å²) in [5, 5.41) is 13.7. The molecule has 1 aliphatic carbocycles. The number of fused-ring (bicyclic) bond motifs is 1. The highest BCUT2D eigenvalue weighted by Crippen LogP contribution is 2.40. The largest absolute Gasteiger partial charge is 0.508 e. The molecule has 1 aromatic carbocycles. The number of hydrogen-bond acceptors (Lipinski definition) is 6. The minimum Gasteiger partial charge on any atom is -0.508 e. The maximum Gasteiger partial charge on any atom is 0.258 e. The molecule has 0 radical (unpaired) electrons. The Kier molecular flexibility index (Phi) is 4.01. The van der Waals surface area contributed by atoms with Gasteiger partial charge in [0.1, 0.15) is 23.7 Å². The monoisotopic (exact) mass is 392 g/mol. The highest BCUT2D eigenvalue weighted by Gasteiger charge is 2.39. The molecule has 0 spiro atoms. The fourth-order valence-electron chi connectivity index (χ4n) is 4.12. The third-order valence-electron chi connectivity index (χ3n) is 6.14. The van der Waals surface area contributed by atoms with Crippen LogP contribution in [-0.2, 0) is 0 Å². The van der Waals surface area contributed by atoms with Crippen LogP contribution in [-0.4, -0.2) is 44.5 Å². The zero-order valence-corrected chi connectivity index (χ0v) is 16.6. The Morgan fingerprint density at radius 3 is 2.76 bits per heavy atom. The van der Waals surface area contributed by atoms with E-state index in [2.05, 4.69) is 22.2 Å². The first kappa shape index (κ1) is 18.0. The Balaban J connectivity index is 1.45. The summed E-state index contributed by atoms with van der Waals surface area (Å²) in [5.74, 6) is 1.72. The standard InChI is InChI=1S/C22H24N4O3/c1-13-17(18-19(25-22(2)8-9-22)23-12-24-20(18)29-13)21(28)26-10-7-15(11-26)14-3-5-16(27)6-4-14/h3-6,12,15,27H,7-11H2,1-2H3,(H,23,24,25). The number of furan rings is 1. The van der Waals surface area contributed by atoms with Crippen LogP contribution >= 0.6 is 0 Å². The molecule has 2 aliphatic rings. The molecule has 1 saturated carbocycles. The molecule has 5 rings (SSSR count). The molecular weight excluding hydrogens is 368 g/mol. The fourth-order valence-corrected chi connectivity index (χ4v) is 4.12. The smallest absolute Gasteiger partial charge is 0.258 e. The minimum atomic E-state index is -0.0404. The van der Waals surface area contributed by atoms with E-state index in [9.17, 15) is 9.90 Å². The number of hydrogen-bond donors (Lipinski definition) is 2. The number of nitrogens with zero attached hydrogens (tertiary/aromatic N) is 3. The summed E-state index contributed by atoms with van der Waals surface area (Å²) < 4.78 is 5.81. The first-order valence-electron chi connectivity index (χ1n) is 10.0. The number of phenols is 1. The van der Waals surface area contributed by atoms with Crippen LogP contribution in [0.1, 0.15) is 53.8 Å². The summed E-state index contributed by atoms with van der Waals surface area (Å²) in [5.41, 5.74) is 2.17. The van der Waals surface area contributed by atoms with Crippen molar-refractivity contribution in [3.63, 3.8) is 0 Å². The van der Waals surface area contributed by atoms with Crippen molar-refractivity contribution in [1.29, 1.82) is 0 Å². The minimum absolute atomic E-state index is 0.0321. The van der Waals surface area contributed by atoms with Gasteiger partial charge in [-0.25, -0.2) is 9.97 Å². The van der Waals surface area contributed by atoms with E-state index in [1.165, 1.54) is 6.33 Å². The van der Waals surface area contributed by atoms with Crippen LogP contribution in [0, 0.1) is 6.92 Å². The van der Waals surface area contributed by atoms with Gasteiger partial charge in [-0.15, -0.1) is 0 Å². The van der Waals surface area contributed by atoms with Crippen molar-refractivity contribution < 1.29 is 14.3 Å². The second kappa shape index (κ2) is 6.47. The first-order chi connectivity index (χ1) is 13.9. The molecule has 2 fully saturated rings. The van der Waals surface area contributed by atoms with Crippen molar-refractivity contribution in [2.45, 2.75) is 44.6 Å². The van der Waals surface area contributed by atoms with E-state index in [1.807, 2.05) is 24.0 Å². The number of phenolic OH excluding ortho intramolecular Hbond substituents is 1. The number of aromatic hydroxyl groups is 1. The van der Waals surface area contributed by atoms with Crippen molar-refractivity contribution in [1.82, 2.24) is 14.9 Å². The van der Waals surface area contributed by atoms with Gasteiger partial charge in [-0.1, -0.05) is 12.1 Å². The molecule has 7 heteroatoms. The molecule has 29 heavy (non-hydrogen) atoms. The van der Waals surface area contributed by atoms with Crippen LogP contribution in [0.25, 0.3) is 11.1 Å². The second-order valence-corrected chi connectivity index (χ2v) is 8.45. The van der Waals surface area contributed by atoms with Crippen LogP contribution in [0.4, 0.5) is 5.82 Å². The van der Waals surface area contributed by atoms with Crippen molar-refractivity contribution in [3.8, 4) is 5.75 Å². The Morgan fingerprint density at radius 1 is 1.28 bits per heavy atom. The number of nitrogens with one attached hydrogen (secondary N) is 1. The Bertz CT molecular complexity index is 1090. The third-order valence-corrected chi connectivity index (χ3v) is 6.14. The Morgan fingerprint density at radius 2 is 2.03 bits per heavy atom. The van der Waals surface area contributed by atoms with Crippen LogP contribution in [0.15, 0.2) is 35.0 Å². The molecule has 2 N–H and O–H groups in total. The van der Waals surface area contributed by atoms with Gasteiger partial charge in [0.2, 0.25) is 5.71 Å². The predicted molar refractivity (Wildman–Crippen MR) is 109 cm³/mol. The van der Waals surface area contributed by atoms with Gasteiger partial charge >= 0.3 is 0 Å². The van der Waals surface area contributed by atoms with E-state index >= 15 is 0 Å². The van der Waals surface area contributed by atoms with E-state index in [4.69, 9.17) is 4.42 Å². The summed E-state index contributed by atoms with van der Waals surface area (Å²) in [6.45, 7) is 5.29. The number of aromatic nitrogens is 2. The quantitative estimate of drug-likeness (QED) is 0.701. The molecule has 2 aromatic heterocycles. The number of amides is 1. The lowest BCUT2D eigenvalue weighted by molar-refractivity contribution is 0.0790. The number of carbonyl (C=O) groups excluding carboxylic acids is 1. The predicted octanol–water partition coefficient (Wildman–Crippen LogP) is 3.83. The molecular formula is C22H24N4O3. The highest BCUT2D eigenvalue weighted by atomic mass is 16.3. The molecule has 1 aliphatic heterocycles. The topological polar surface area (TPSA) is 91.5 Å². The summed E-state index contributed by atoms with van der Waals surface area (Å²) in [4.78, 5) is 24.0. The van der Waals surface area contributed by atoms with Crippen molar-refractivity contribution in [2.75, 3.05) is 18.4 Å². The van der Waals surface area contributed by atoms with Gasteiger partial charge in [-0.05, 0) is 50.8 Å². The third kappa shape index (κ3) is 3.20. The van der Waals surface area contributed by atoms with Gasteiger partial charge < -0.3 is 19.7 Å². The second-order valence-electron chi connectivity index (χ2n) is 8.45. The lowest BCUT2D eigenvalue weighted by Gasteiger charge is -2.18. The summed E-state index contributed by atoms with van der Waals surface area (Å²) in [6, 6.07) is 7.25. The van der Waals surface area contributed by atoms with E-state index in [0.29, 0.717) is 41.3 Å². The van der Waals surface area contributed by atoms with Gasteiger partial charge in [0.25, 0.3) is 5.91 Å². The number of carbonyl (C=O) groups is 1. The van der Waals surface area contributed by atoms with E-state index in [-0.39, 0.29) is 23.1 Å². The molecule has 1 amide bonds. The number of anilines is 1. The van der Waals surface area contributed by atoms with Gasteiger partial charge in [-0.3, -0.25) is 4.79 Å². The molecule has 150 valence electrons. The van der Waals surface area contributed by atoms with Gasteiger partial charge in [0.05, 0.1) is 10.9 Å². The highest BCUT2D eigenvalue weighted by molar-refractivity contribution is 6.10. The van der Waals surface area contributed by atoms with E-state index in [1.54, 1.807) is 12.1 Å². The maximum absolute atomic E-state index is 13.4. The van der Waals surface area contributed by atoms with Crippen LogP contribution in [0.2, 0.25) is 0 Å². The Labute approximate surface area is 168 Å². The molecule has 3 aromatic rings. The van der Waals surface area contributed by atoms with Crippen LogP contribution < -0.4 is 5.32 Å². The molecule has 7 nitrogen and oxygen atoms in total. The maximum atomic E-state index is 13.4. The first-order valence-corrected chi connectivity index (χ1v) is 10.0. The van der Waals surface area contributed by atoms with Crippen LogP contribution in [0.3, 0.4) is 0 Å². The van der Waals surface area contributed by atoms with Gasteiger partial charge in [-0.2, -0.15) is 0 Å². The number of rotatable bonds is 4. The molecule has 0 bridgehead atoms. The number of benzene rings is 1. The van der Waals surface area contributed by atoms with Gasteiger partial charge in [0.15, 0.2) is 0 Å². The average Bonchev–Trinajstić information content (AvgIpc) is 3.11. The Hall–Kier alpha value is -3.09. The van der Waals surface area contributed by atoms with E-state index < -0.39 is 0 Å². The average molecular weight is 392 g/mol. The number of aryl methyl sites for hydroxylation is 1. The van der Waals surface area contributed by atoms with Crippen molar-refractivity contribution in [2.24, 2.45) is 0 Å². The SMILES string of the molecule is Cc1oc2ncnc(NC3(C)CC3)c2c1C(=O)N1CCC(c2ccc(O)cc2)C1. The molecule has 1 saturated heterocycles.